The predicted octanol–water partition coefficient (Wildman–Crippen LogP) is 1.01. The van der Waals surface area contributed by atoms with E-state index < -0.39 is 0 Å². The molecule has 2 heterocycles. The van der Waals surface area contributed by atoms with E-state index in [4.69, 9.17) is 4.74 Å². The van der Waals surface area contributed by atoms with Crippen LogP contribution in [0.5, 0.6) is 0 Å². The molecule has 3 atom stereocenters. The normalized spacial score (nSPS) is 36.6. The molecule has 0 aromatic rings. The number of carbonyl (C=O) groups excluding carboxylic acids is 1. The van der Waals surface area contributed by atoms with Gasteiger partial charge in [0.05, 0.1) is 6.04 Å². The first kappa shape index (κ1) is 12.4. The lowest BCUT2D eigenvalue weighted by molar-refractivity contribution is -0.136. The smallest absolute Gasteiger partial charge is 0.239 e. The predicted molar refractivity (Wildman–Crippen MR) is 69.2 cm³/mol. The summed E-state index contributed by atoms with van der Waals surface area (Å²) in [6.07, 6.45) is 5.83. The van der Waals surface area contributed by atoms with E-state index in [1.54, 1.807) is 0 Å². The largest absolute Gasteiger partial charge is 0.381 e. The molecule has 4 heteroatoms. The van der Waals surface area contributed by atoms with Gasteiger partial charge in [0, 0.05) is 26.3 Å². The summed E-state index contributed by atoms with van der Waals surface area (Å²) in [5, 5.41) is 3.46. The van der Waals surface area contributed by atoms with Gasteiger partial charge in [-0.25, -0.2) is 0 Å². The first-order chi connectivity index (χ1) is 8.77. The van der Waals surface area contributed by atoms with Crippen molar-refractivity contribution in [1.82, 2.24) is 10.2 Å². The zero-order valence-electron chi connectivity index (χ0n) is 11.2. The van der Waals surface area contributed by atoms with Crippen molar-refractivity contribution >= 4 is 5.91 Å². The highest BCUT2D eigenvalue weighted by Gasteiger charge is 2.44. The van der Waals surface area contributed by atoms with Crippen molar-refractivity contribution in [2.45, 2.75) is 44.2 Å². The molecule has 0 radical (unpaired) electrons. The van der Waals surface area contributed by atoms with Crippen LogP contribution in [0, 0.1) is 11.8 Å². The molecule has 0 spiro atoms. The van der Waals surface area contributed by atoms with Crippen molar-refractivity contribution < 1.29 is 9.53 Å². The van der Waals surface area contributed by atoms with Crippen LogP contribution in [0.3, 0.4) is 0 Å². The summed E-state index contributed by atoms with van der Waals surface area (Å²) < 4.78 is 5.37. The van der Waals surface area contributed by atoms with Crippen molar-refractivity contribution in [1.29, 1.82) is 0 Å². The zero-order chi connectivity index (χ0) is 12.5. The van der Waals surface area contributed by atoms with E-state index in [1.165, 1.54) is 19.3 Å². The van der Waals surface area contributed by atoms with Gasteiger partial charge in [-0.3, -0.25) is 4.79 Å². The lowest BCUT2D eigenvalue weighted by atomic mass is 9.93. The minimum Gasteiger partial charge on any atom is -0.381 e. The number of likely N-dealkylation sites (N-methyl/N-ethyl adjacent to an activating group) is 1. The highest BCUT2D eigenvalue weighted by atomic mass is 16.5. The number of amides is 1. The van der Waals surface area contributed by atoms with E-state index in [-0.39, 0.29) is 6.04 Å². The number of carbonyl (C=O) groups is 1. The fourth-order valence-corrected chi connectivity index (χ4v) is 3.93. The summed E-state index contributed by atoms with van der Waals surface area (Å²) in [6.45, 7) is 2.64. The summed E-state index contributed by atoms with van der Waals surface area (Å²) in [4.78, 5) is 14.6. The van der Waals surface area contributed by atoms with Gasteiger partial charge in [-0.05, 0) is 44.1 Å². The van der Waals surface area contributed by atoms with Crippen molar-refractivity contribution in [3.63, 3.8) is 0 Å². The number of rotatable bonds is 2. The van der Waals surface area contributed by atoms with E-state index in [9.17, 15) is 4.79 Å². The van der Waals surface area contributed by atoms with Crippen LogP contribution in [0.2, 0.25) is 0 Å². The van der Waals surface area contributed by atoms with E-state index in [2.05, 4.69) is 5.32 Å². The second-order valence-electron chi connectivity index (χ2n) is 6.03. The van der Waals surface area contributed by atoms with Gasteiger partial charge in [0.25, 0.3) is 0 Å². The first-order valence-electron chi connectivity index (χ1n) is 7.35. The maximum Gasteiger partial charge on any atom is 0.239 e. The first-order valence-corrected chi connectivity index (χ1v) is 7.35. The van der Waals surface area contributed by atoms with E-state index in [0.717, 1.165) is 38.5 Å². The van der Waals surface area contributed by atoms with Gasteiger partial charge >= 0.3 is 0 Å². The third-order valence-electron chi connectivity index (χ3n) is 5.10. The summed E-state index contributed by atoms with van der Waals surface area (Å²) in [5.74, 6) is 1.66. The topological polar surface area (TPSA) is 41.6 Å². The third-order valence-corrected chi connectivity index (χ3v) is 5.10. The number of nitrogens with zero attached hydrogens (tertiary/aromatic N) is 1. The fraction of sp³-hybridized carbons (Fsp3) is 0.929. The zero-order valence-corrected chi connectivity index (χ0v) is 11.2. The fourth-order valence-electron chi connectivity index (χ4n) is 3.93. The Morgan fingerprint density at radius 1 is 1.22 bits per heavy atom. The van der Waals surface area contributed by atoms with Gasteiger partial charge in [-0.1, -0.05) is 6.42 Å². The number of nitrogens with one attached hydrogen (secondary N) is 1. The van der Waals surface area contributed by atoms with Crippen LogP contribution in [0.1, 0.15) is 32.1 Å². The van der Waals surface area contributed by atoms with Gasteiger partial charge < -0.3 is 15.0 Å². The van der Waals surface area contributed by atoms with Crippen LogP contribution in [0.4, 0.5) is 0 Å². The molecule has 4 nitrogen and oxygen atoms in total. The molecule has 0 aromatic carbocycles. The van der Waals surface area contributed by atoms with Gasteiger partial charge in [0.1, 0.15) is 0 Å². The Balaban J connectivity index is 1.62. The highest BCUT2D eigenvalue weighted by molar-refractivity contribution is 5.82. The number of hydrogen-bond donors (Lipinski definition) is 1. The second kappa shape index (κ2) is 5.17. The number of ether oxygens (including phenoxy) is 1. The number of hydrogen-bond acceptors (Lipinski definition) is 3. The van der Waals surface area contributed by atoms with Crippen LogP contribution in [-0.4, -0.2) is 49.7 Å². The molecule has 1 saturated carbocycles. The van der Waals surface area contributed by atoms with Crippen LogP contribution < -0.4 is 5.32 Å². The molecule has 0 bridgehead atoms. The Morgan fingerprint density at radius 2 is 2.00 bits per heavy atom. The lowest BCUT2D eigenvalue weighted by Crippen LogP contribution is -2.50. The van der Waals surface area contributed by atoms with Gasteiger partial charge in [0.15, 0.2) is 0 Å². The Kier molecular flexibility index (Phi) is 3.57. The van der Waals surface area contributed by atoms with Crippen LogP contribution in [0.25, 0.3) is 0 Å². The minimum absolute atomic E-state index is 0.0883. The van der Waals surface area contributed by atoms with Crippen molar-refractivity contribution in [2.75, 3.05) is 26.8 Å². The van der Waals surface area contributed by atoms with Gasteiger partial charge in [-0.2, -0.15) is 0 Å². The van der Waals surface area contributed by atoms with Gasteiger partial charge in [0.2, 0.25) is 5.91 Å². The molecule has 3 aliphatic rings. The van der Waals surface area contributed by atoms with Crippen molar-refractivity contribution in [3.05, 3.63) is 0 Å². The Hall–Kier alpha value is -0.610. The second-order valence-corrected chi connectivity index (χ2v) is 6.03. The van der Waals surface area contributed by atoms with E-state index >= 15 is 0 Å². The molecule has 102 valence electrons. The summed E-state index contributed by atoms with van der Waals surface area (Å²) >= 11 is 0. The maximum absolute atomic E-state index is 12.6. The molecular weight excluding hydrogens is 228 g/mol. The average molecular weight is 252 g/mol. The SMILES string of the molecule is CN(C(=O)C1NCC2CCCC21)C1CCOCC1. The third kappa shape index (κ3) is 2.16. The molecule has 1 N–H and O–H groups in total. The number of fused-ring (bicyclic) bond motifs is 1. The molecule has 3 rings (SSSR count). The Bertz CT molecular complexity index is 315. The lowest BCUT2D eigenvalue weighted by Gasteiger charge is -2.34. The summed E-state index contributed by atoms with van der Waals surface area (Å²) in [7, 11) is 1.97. The van der Waals surface area contributed by atoms with Crippen molar-refractivity contribution in [2.24, 2.45) is 11.8 Å². The Labute approximate surface area is 109 Å². The molecule has 2 aliphatic heterocycles. The molecular formula is C14H24N2O2. The highest BCUT2D eigenvalue weighted by Crippen LogP contribution is 2.38. The average Bonchev–Trinajstić information content (AvgIpc) is 3.00. The quantitative estimate of drug-likeness (QED) is 0.797. The Morgan fingerprint density at radius 3 is 2.78 bits per heavy atom. The maximum atomic E-state index is 12.6. The summed E-state index contributed by atoms with van der Waals surface area (Å²) in [6, 6.07) is 0.471. The van der Waals surface area contributed by atoms with Gasteiger partial charge in [-0.15, -0.1) is 0 Å². The molecule has 1 amide bonds. The summed E-state index contributed by atoms with van der Waals surface area (Å²) in [5.41, 5.74) is 0. The van der Waals surface area contributed by atoms with Crippen LogP contribution >= 0.6 is 0 Å². The molecule has 1 aliphatic carbocycles. The van der Waals surface area contributed by atoms with Crippen LogP contribution in [0.15, 0.2) is 0 Å². The van der Waals surface area contributed by atoms with Crippen molar-refractivity contribution in [3.8, 4) is 0 Å². The molecule has 18 heavy (non-hydrogen) atoms. The van der Waals surface area contributed by atoms with E-state index in [0.29, 0.717) is 17.9 Å². The van der Waals surface area contributed by atoms with Crippen LogP contribution in [-0.2, 0) is 9.53 Å². The standard InChI is InChI=1S/C14H24N2O2/c1-16(11-5-7-18-8-6-11)14(17)13-12-4-2-3-10(12)9-15-13/h10-13,15H,2-9H2,1H3. The molecule has 3 fully saturated rings. The molecule has 3 unspecified atom stereocenters. The van der Waals surface area contributed by atoms with E-state index in [1.807, 2.05) is 11.9 Å². The minimum atomic E-state index is 0.0883. The monoisotopic (exact) mass is 252 g/mol. The molecule has 2 saturated heterocycles. The molecule has 0 aromatic heterocycles.